The summed E-state index contributed by atoms with van der Waals surface area (Å²) in [6.07, 6.45) is 3.47. The Kier molecular flexibility index (Phi) is 3.31. The summed E-state index contributed by atoms with van der Waals surface area (Å²) in [5, 5.41) is 7.25. The van der Waals surface area contributed by atoms with Crippen LogP contribution in [0.15, 0.2) is 36.7 Å². The maximum Gasteiger partial charge on any atom is 0.125 e. The lowest BCUT2D eigenvalue weighted by Crippen LogP contribution is -2.12. The molecule has 3 nitrogen and oxygen atoms in total. The summed E-state index contributed by atoms with van der Waals surface area (Å²) in [6, 6.07) is 6.76. The Morgan fingerprint density at radius 1 is 1.38 bits per heavy atom. The minimum absolute atomic E-state index is 0.235. The maximum atomic E-state index is 13.4. The van der Waals surface area contributed by atoms with E-state index in [4.69, 9.17) is 0 Å². The van der Waals surface area contributed by atoms with Gasteiger partial charge in [-0.05, 0) is 36.4 Å². The first-order chi connectivity index (χ1) is 7.79. The molecule has 4 heteroatoms. The molecule has 0 aliphatic carbocycles. The smallest absolute Gasteiger partial charge is 0.125 e. The van der Waals surface area contributed by atoms with Gasteiger partial charge in [0, 0.05) is 18.9 Å². The molecule has 0 fully saturated rings. The van der Waals surface area contributed by atoms with Crippen molar-refractivity contribution in [1.29, 1.82) is 0 Å². The van der Waals surface area contributed by atoms with Crippen molar-refractivity contribution in [2.24, 2.45) is 0 Å². The number of nitrogens with zero attached hydrogens (tertiary/aromatic N) is 2. The Morgan fingerprint density at radius 3 is 2.94 bits per heavy atom. The number of hydrogen-bond acceptors (Lipinski definition) is 2. The SMILES string of the molecule is CCNCc1cc(F)cc(-n2cccn2)c1. The standard InChI is InChI=1S/C12H14FN3/c1-2-14-9-10-6-11(13)8-12(7-10)16-5-3-4-15-16/h3-8,14H,2,9H2,1H3. The van der Waals surface area contributed by atoms with Crippen LogP contribution in [0.1, 0.15) is 12.5 Å². The molecule has 2 rings (SSSR count). The van der Waals surface area contributed by atoms with Gasteiger partial charge in [0.1, 0.15) is 5.82 Å². The van der Waals surface area contributed by atoms with Crippen LogP contribution in [0, 0.1) is 5.82 Å². The third-order valence-electron chi connectivity index (χ3n) is 2.29. The third kappa shape index (κ3) is 2.46. The predicted molar refractivity (Wildman–Crippen MR) is 60.9 cm³/mol. The highest BCUT2D eigenvalue weighted by Gasteiger charge is 2.02. The first kappa shape index (κ1) is 10.8. The van der Waals surface area contributed by atoms with Gasteiger partial charge >= 0.3 is 0 Å². The Morgan fingerprint density at radius 2 is 2.25 bits per heavy atom. The fourth-order valence-electron chi connectivity index (χ4n) is 1.56. The number of hydrogen-bond donors (Lipinski definition) is 1. The molecule has 2 aromatic rings. The molecule has 0 saturated carbocycles. The molecule has 0 amide bonds. The number of rotatable bonds is 4. The molecule has 1 N–H and O–H groups in total. The zero-order valence-electron chi connectivity index (χ0n) is 9.15. The first-order valence-electron chi connectivity index (χ1n) is 5.30. The fourth-order valence-corrected chi connectivity index (χ4v) is 1.56. The highest BCUT2D eigenvalue weighted by Crippen LogP contribution is 2.12. The van der Waals surface area contributed by atoms with Crippen LogP contribution in [0.25, 0.3) is 5.69 Å². The molecule has 0 aliphatic heterocycles. The summed E-state index contributed by atoms with van der Waals surface area (Å²) in [5.74, 6) is -0.235. The zero-order valence-corrected chi connectivity index (χ0v) is 9.15. The molecule has 0 radical (unpaired) electrons. The quantitative estimate of drug-likeness (QED) is 0.853. The molecule has 1 aromatic carbocycles. The Bertz CT molecular complexity index is 451. The number of halogens is 1. The molecule has 16 heavy (non-hydrogen) atoms. The highest BCUT2D eigenvalue weighted by molar-refractivity contribution is 5.35. The van der Waals surface area contributed by atoms with Gasteiger partial charge in [-0.25, -0.2) is 9.07 Å². The van der Waals surface area contributed by atoms with Gasteiger partial charge in [-0.2, -0.15) is 5.10 Å². The lowest BCUT2D eigenvalue weighted by molar-refractivity contribution is 0.619. The Hall–Kier alpha value is -1.68. The van der Waals surface area contributed by atoms with Crippen LogP contribution in [-0.4, -0.2) is 16.3 Å². The molecule has 0 spiro atoms. The summed E-state index contributed by atoms with van der Waals surface area (Å²) >= 11 is 0. The Balaban J connectivity index is 2.29. The normalized spacial score (nSPS) is 10.6. The molecule has 0 unspecified atom stereocenters. The topological polar surface area (TPSA) is 29.9 Å². The highest BCUT2D eigenvalue weighted by atomic mass is 19.1. The minimum Gasteiger partial charge on any atom is -0.313 e. The van der Waals surface area contributed by atoms with E-state index in [1.165, 1.54) is 12.1 Å². The largest absolute Gasteiger partial charge is 0.313 e. The van der Waals surface area contributed by atoms with E-state index < -0.39 is 0 Å². The van der Waals surface area contributed by atoms with E-state index in [2.05, 4.69) is 10.4 Å². The van der Waals surface area contributed by atoms with Gasteiger partial charge in [-0.1, -0.05) is 6.92 Å². The molecule has 1 aromatic heterocycles. The molecule has 0 saturated heterocycles. The van der Waals surface area contributed by atoms with Gasteiger partial charge in [-0.15, -0.1) is 0 Å². The van der Waals surface area contributed by atoms with Crippen LogP contribution in [0.4, 0.5) is 4.39 Å². The van der Waals surface area contributed by atoms with Crippen molar-refractivity contribution in [1.82, 2.24) is 15.1 Å². The van der Waals surface area contributed by atoms with Crippen LogP contribution in [0.2, 0.25) is 0 Å². The van der Waals surface area contributed by atoms with Crippen LogP contribution in [0.3, 0.4) is 0 Å². The lowest BCUT2D eigenvalue weighted by Gasteiger charge is -2.06. The molecule has 0 atom stereocenters. The molecule has 0 bridgehead atoms. The number of nitrogens with one attached hydrogen (secondary N) is 1. The summed E-state index contributed by atoms with van der Waals surface area (Å²) < 4.78 is 15.0. The average molecular weight is 219 g/mol. The van der Waals surface area contributed by atoms with Gasteiger partial charge in [0.05, 0.1) is 5.69 Å². The second-order valence-corrected chi connectivity index (χ2v) is 3.55. The van der Waals surface area contributed by atoms with Crippen LogP contribution < -0.4 is 5.32 Å². The van der Waals surface area contributed by atoms with E-state index in [0.29, 0.717) is 6.54 Å². The van der Waals surface area contributed by atoms with E-state index >= 15 is 0 Å². The summed E-state index contributed by atoms with van der Waals surface area (Å²) in [6.45, 7) is 3.56. The molecule has 84 valence electrons. The van der Waals surface area contributed by atoms with Crippen molar-refractivity contribution in [3.05, 3.63) is 48.0 Å². The molecular weight excluding hydrogens is 205 g/mol. The van der Waals surface area contributed by atoms with Crippen molar-refractivity contribution in [2.75, 3.05) is 6.54 Å². The second-order valence-electron chi connectivity index (χ2n) is 3.55. The molecular formula is C12H14FN3. The van der Waals surface area contributed by atoms with Gasteiger partial charge in [0.25, 0.3) is 0 Å². The van der Waals surface area contributed by atoms with Gasteiger partial charge in [0.15, 0.2) is 0 Å². The van der Waals surface area contributed by atoms with E-state index in [1.807, 2.05) is 19.1 Å². The predicted octanol–water partition coefficient (Wildman–Crippen LogP) is 2.12. The fraction of sp³-hybridized carbons (Fsp3) is 0.250. The van der Waals surface area contributed by atoms with Crippen molar-refractivity contribution in [3.63, 3.8) is 0 Å². The average Bonchev–Trinajstić information content (AvgIpc) is 2.79. The van der Waals surface area contributed by atoms with Gasteiger partial charge in [0.2, 0.25) is 0 Å². The van der Waals surface area contributed by atoms with Crippen molar-refractivity contribution >= 4 is 0 Å². The van der Waals surface area contributed by atoms with E-state index in [-0.39, 0.29) is 5.82 Å². The van der Waals surface area contributed by atoms with Crippen molar-refractivity contribution in [2.45, 2.75) is 13.5 Å². The van der Waals surface area contributed by atoms with Crippen molar-refractivity contribution < 1.29 is 4.39 Å². The minimum atomic E-state index is -0.235. The van der Waals surface area contributed by atoms with E-state index in [0.717, 1.165) is 17.8 Å². The molecule has 1 heterocycles. The van der Waals surface area contributed by atoms with Crippen LogP contribution >= 0.6 is 0 Å². The van der Waals surface area contributed by atoms with E-state index in [1.54, 1.807) is 17.1 Å². The first-order valence-corrected chi connectivity index (χ1v) is 5.30. The van der Waals surface area contributed by atoms with E-state index in [9.17, 15) is 4.39 Å². The maximum absolute atomic E-state index is 13.4. The summed E-state index contributed by atoms with van der Waals surface area (Å²) in [4.78, 5) is 0. The van der Waals surface area contributed by atoms with Crippen LogP contribution in [-0.2, 0) is 6.54 Å². The zero-order chi connectivity index (χ0) is 11.4. The lowest BCUT2D eigenvalue weighted by atomic mass is 10.2. The Labute approximate surface area is 93.9 Å². The van der Waals surface area contributed by atoms with Crippen LogP contribution in [0.5, 0.6) is 0 Å². The molecule has 0 aliphatic rings. The van der Waals surface area contributed by atoms with Crippen molar-refractivity contribution in [3.8, 4) is 5.69 Å². The second kappa shape index (κ2) is 4.90. The number of benzene rings is 1. The van der Waals surface area contributed by atoms with Gasteiger partial charge < -0.3 is 5.32 Å². The van der Waals surface area contributed by atoms with Gasteiger partial charge in [-0.3, -0.25) is 0 Å². The third-order valence-corrected chi connectivity index (χ3v) is 2.29. The summed E-state index contributed by atoms with van der Waals surface area (Å²) in [5.41, 5.74) is 1.67. The summed E-state index contributed by atoms with van der Waals surface area (Å²) in [7, 11) is 0. The monoisotopic (exact) mass is 219 g/mol. The number of aromatic nitrogens is 2.